The lowest BCUT2D eigenvalue weighted by Gasteiger charge is -2.08. The second-order valence-electron chi connectivity index (χ2n) is 3.68. The van der Waals surface area contributed by atoms with E-state index in [-0.39, 0.29) is 0 Å². The van der Waals surface area contributed by atoms with E-state index in [9.17, 15) is 0 Å². The average Bonchev–Trinajstić information content (AvgIpc) is 2.77. The second-order valence-corrected chi connectivity index (χ2v) is 6.23. The Labute approximate surface area is 118 Å². The number of nitrogens with two attached hydrogens (primary N) is 1. The number of nitrogens with zero attached hydrogens (tertiary/aromatic N) is 1. The summed E-state index contributed by atoms with van der Waals surface area (Å²) in [5.74, 6) is 1.23. The van der Waals surface area contributed by atoms with E-state index in [1.807, 2.05) is 6.07 Å². The van der Waals surface area contributed by atoms with Crippen molar-refractivity contribution in [3.8, 4) is 5.88 Å². The molecule has 0 fully saturated rings. The van der Waals surface area contributed by atoms with Crippen LogP contribution < -0.4 is 15.8 Å². The predicted octanol–water partition coefficient (Wildman–Crippen LogP) is 3.15. The standard InChI is InChI=1S/C12H14BrN3OS/c1-17-12-9(14)3-5-11(16-12)15-7-6-8-2-4-10(13)18-8/h2-5H,6-7,14H2,1H3,(H,15,16). The van der Waals surface area contributed by atoms with Gasteiger partial charge in [-0.2, -0.15) is 4.98 Å². The fraction of sp³-hybridized carbons (Fsp3) is 0.250. The highest BCUT2D eigenvalue weighted by Gasteiger charge is 2.03. The first-order chi connectivity index (χ1) is 8.69. The number of hydrogen-bond donors (Lipinski definition) is 2. The molecule has 0 aliphatic heterocycles. The number of ether oxygens (including phenoxy) is 1. The van der Waals surface area contributed by atoms with Gasteiger partial charge >= 0.3 is 0 Å². The molecule has 2 aromatic rings. The lowest BCUT2D eigenvalue weighted by atomic mass is 10.3. The highest BCUT2D eigenvalue weighted by Crippen LogP contribution is 2.23. The molecule has 2 aromatic heterocycles. The van der Waals surface area contributed by atoms with Crippen molar-refractivity contribution in [3.63, 3.8) is 0 Å². The first-order valence-corrected chi connectivity index (χ1v) is 7.08. The Morgan fingerprint density at radius 3 is 2.89 bits per heavy atom. The van der Waals surface area contributed by atoms with Gasteiger partial charge in [0.25, 0.3) is 0 Å². The van der Waals surface area contributed by atoms with Crippen LogP contribution in [0.4, 0.5) is 11.5 Å². The van der Waals surface area contributed by atoms with Gasteiger partial charge in [-0.1, -0.05) is 0 Å². The van der Waals surface area contributed by atoms with E-state index < -0.39 is 0 Å². The van der Waals surface area contributed by atoms with Gasteiger partial charge in [-0.15, -0.1) is 11.3 Å². The molecule has 18 heavy (non-hydrogen) atoms. The normalized spacial score (nSPS) is 10.3. The number of methoxy groups -OCH3 is 1. The molecule has 96 valence electrons. The summed E-state index contributed by atoms with van der Waals surface area (Å²) in [6.07, 6.45) is 0.963. The number of rotatable bonds is 5. The Bertz CT molecular complexity index is 530. The van der Waals surface area contributed by atoms with Gasteiger partial charge in [0.1, 0.15) is 5.82 Å². The van der Waals surface area contributed by atoms with Crippen molar-refractivity contribution in [2.45, 2.75) is 6.42 Å². The molecule has 0 aliphatic carbocycles. The molecular weight excluding hydrogens is 314 g/mol. The maximum absolute atomic E-state index is 5.70. The zero-order valence-electron chi connectivity index (χ0n) is 9.94. The number of halogens is 1. The van der Waals surface area contributed by atoms with E-state index in [0.717, 1.165) is 22.6 Å². The Morgan fingerprint density at radius 2 is 2.22 bits per heavy atom. The van der Waals surface area contributed by atoms with Crippen molar-refractivity contribution < 1.29 is 4.74 Å². The quantitative estimate of drug-likeness (QED) is 0.885. The van der Waals surface area contributed by atoms with Crippen molar-refractivity contribution in [2.24, 2.45) is 0 Å². The first-order valence-electron chi connectivity index (χ1n) is 5.47. The largest absolute Gasteiger partial charge is 0.479 e. The molecule has 0 atom stereocenters. The number of hydrogen-bond acceptors (Lipinski definition) is 5. The van der Waals surface area contributed by atoms with Crippen molar-refractivity contribution in [3.05, 3.63) is 32.9 Å². The zero-order valence-corrected chi connectivity index (χ0v) is 12.3. The topological polar surface area (TPSA) is 60.2 Å². The van der Waals surface area contributed by atoms with Crippen molar-refractivity contribution >= 4 is 38.8 Å². The number of anilines is 2. The van der Waals surface area contributed by atoms with E-state index in [1.54, 1.807) is 24.5 Å². The summed E-state index contributed by atoms with van der Waals surface area (Å²) < 4.78 is 6.23. The van der Waals surface area contributed by atoms with Gasteiger partial charge in [-0.25, -0.2) is 0 Å². The zero-order chi connectivity index (χ0) is 13.0. The third-order valence-electron chi connectivity index (χ3n) is 2.39. The van der Waals surface area contributed by atoms with Crippen LogP contribution in [0.15, 0.2) is 28.1 Å². The fourth-order valence-electron chi connectivity index (χ4n) is 1.51. The molecule has 0 saturated heterocycles. The van der Waals surface area contributed by atoms with Crippen LogP contribution in [-0.2, 0) is 6.42 Å². The number of nitrogens with one attached hydrogen (secondary N) is 1. The van der Waals surface area contributed by atoms with Gasteiger partial charge < -0.3 is 15.8 Å². The highest BCUT2D eigenvalue weighted by atomic mass is 79.9. The summed E-state index contributed by atoms with van der Waals surface area (Å²) in [5.41, 5.74) is 6.25. The smallest absolute Gasteiger partial charge is 0.238 e. The molecule has 0 aliphatic rings. The van der Waals surface area contributed by atoms with Gasteiger partial charge in [0, 0.05) is 11.4 Å². The number of nitrogen functional groups attached to an aromatic ring is 1. The van der Waals surface area contributed by atoms with Crippen LogP contribution in [0.2, 0.25) is 0 Å². The van der Waals surface area contributed by atoms with E-state index in [2.05, 4.69) is 38.4 Å². The van der Waals surface area contributed by atoms with Crippen LogP contribution in [0.5, 0.6) is 5.88 Å². The lowest BCUT2D eigenvalue weighted by molar-refractivity contribution is 0.401. The Balaban J connectivity index is 1.90. The lowest BCUT2D eigenvalue weighted by Crippen LogP contribution is -2.06. The molecule has 0 amide bonds. The second kappa shape index (κ2) is 6.06. The number of aromatic nitrogens is 1. The molecule has 2 rings (SSSR count). The summed E-state index contributed by atoms with van der Waals surface area (Å²) in [5, 5.41) is 3.25. The SMILES string of the molecule is COc1nc(NCCc2ccc(Br)s2)ccc1N. The van der Waals surface area contributed by atoms with Crippen molar-refractivity contribution in [1.29, 1.82) is 0 Å². The molecule has 2 heterocycles. The Hall–Kier alpha value is -1.27. The molecule has 0 bridgehead atoms. The van der Waals surface area contributed by atoms with E-state index in [4.69, 9.17) is 10.5 Å². The highest BCUT2D eigenvalue weighted by molar-refractivity contribution is 9.11. The molecule has 0 spiro atoms. The van der Waals surface area contributed by atoms with Gasteiger partial charge in [-0.3, -0.25) is 0 Å². The summed E-state index contributed by atoms with van der Waals surface area (Å²) in [6.45, 7) is 0.826. The minimum atomic E-state index is 0.457. The molecule has 0 saturated carbocycles. The molecule has 0 radical (unpaired) electrons. The predicted molar refractivity (Wildman–Crippen MR) is 79.4 cm³/mol. The molecule has 3 N–H and O–H groups in total. The van der Waals surface area contributed by atoms with Crippen LogP contribution >= 0.6 is 27.3 Å². The van der Waals surface area contributed by atoms with Crippen LogP contribution in [-0.4, -0.2) is 18.6 Å². The average molecular weight is 328 g/mol. The van der Waals surface area contributed by atoms with Crippen LogP contribution in [0.25, 0.3) is 0 Å². The minimum absolute atomic E-state index is 0.457. The Kier molecular flexibility index (Phi) is 4.43. The summed E-state index contributed by atoms with van der Waals surface area (Å²) in [7, 11) is 1.56. The molecule has 4 nitrogen and oxygen atoms in total. The molecular formula is C12H14BrN3OS. The van der Waals surface area contributed by atoms with E-state index in [0.29, 0.717) is 11.6 Å². The van der Waals surface area contributed by atoms with Crippen molar-refractivity contribution in [1.82, 2.24) is 4.98 Å². The first kappa shape index (κ1) is 13.2. The summed E-state index contributed by atoms with van der Waals surface area (Å²) in [4.78, 5) is 5.59. The summed E-state index contributed by atoms with van der Waals surface area (Å²) in [6, 6.07) is 7.82. The van der Waals surface area contributed by atoms with Gasteiger partial charge in [0.15, 0.2) is 0 Å². The summed E-state index contributed by atoms with van der Waals surface area (Å²) >= 11 is 5.20. The van der Waals surface area contributed by atoms with Crippen LogP contribution in [0, 0.1) is 0 Å². The number of pyridine rings is 1. The third-order valence-corrected chi connectivity index (χ3v) is 4.07. The minimum Gasteiger partial charge on any atom is -0.479 e. The third kappa shape index (κ3) is 3.36. The number of thiophene rings is 1. The van der Waals surface area contributed by atoms with E-state index >= 15 is 0 Å². The van der Waals surface area contributed by atoms with Gasteiger partial charge in [0.2, 0.25) is 5.88 Å². The maximum atomic E-state index is 5.70. The van der Waals surface area contributed by atoms with Gasteiger partial charge in [0.05, 0.1) is 16.6 Å². The molecule has 6 heteroatoms. The van der Waals surface area contributed by atoms with Gasteiger partial charge in [-0.05, 0) is 46.6 Å². The molecule has 0 aromatic carbocycles. The van der Waals surface area contributed by atoms with Crippen LogP contribution in [0.3, 0.4) is 0 Å². The van der Waals surface area contributed by atoms with Crippen molar-refractivity contribution in [2.75, 3.05) is 24.7 Å². The van der Waals surface area contributed by atoms with Crippen LogP contribution in [0.1, 0.15) is 4.88 Å². The van der Waals surface area contributed by atoms with E-state index in [1.165, 1.54) is 4.88 Å². The Morgan fingerprint density at radius 1 is 1.39 bits per heavy atom. The maximum Gasteiger partial charge on any atom is 0.238 e. The monoisotopic (exact) mass is 327 g/mol. The molecule has 0 unspecified atom stereocenters. The fourth-order valence-corrected chi connectivity index (χ4v) is 3.00.